The van der Waals surface area contributed by atoms with Gasteiger partial charge in [0.1, 0.15) is 18.2 Å². The van der Waals surface area contributed by atoms with Crippen molar-refractivity contribution in [3.63, 3.8) is 0 Å². The van der Waals surface area contributed by atoms with Crippen molar-refractivity contribution in [2.45, 2.75) is 58.8 Å². The second-order valence-corrected chi connectivity index (χ2v) is 9.02. The molecule has 1 fully saturated rings. The average molecular weight is 478 g/mol. The zero-order valence-electron chi connectivity index (χ0n) is 20.3. The lowest BCUT2D eigenvalue weighted by molar-refractivity contribution is -0.145. The van der Waals surface area contributed by atoms with Crippen LogP contribution in [0.1, 0.15) is 46.1 Å². The van der Waals surface area contributed by atoms with Gasteiger partial charge >= 0.3 is 18.2 Å². The maximum Gasteiger partial charge on any atom is 0.410 e. The number of nitrogens with one attached hydrogen (secondary N) is 2. The maximum absolute atomic E-state index is 12.8. The van der Waals surface area contributed by atoms with E-state index in [9.17, 15) is 19.2 Å². The van der Waals surface area contributed by atoms with Crippen molar-refractivity contribution in [3.05, 3.63) is 35.9 Å². The minimum atomic E-state index is -1.10. The normalized spacial score (nSPS) is 16.7. The Balaban J connectivity index is 1.88. The van der Waals surface area contributed by atoms with E-state index in [0.717, 1.165) is 5.56 Å². The summed E-state index contributed by atoms with van der Waals surface area (Å²) >= 11 is 0. The lowest BCUT2D eigenvalue weighted by atomic mass is 9.97. The molecule has 10 heteroatoms. The number of esters is 1. The lowest BCUT2D eigenvalue weighted by Crippen LogP contribution is -2.52. The molecular weight excluding hydrogens is 442 g/mol. The number of ether oxygens (including phenoxy) is 3. The largest absolute Gasteiger partial charge is 0.464 e. The first-order valence-corrected chi connectivity index (χ1v) is 11.5. The van der Waals surface area contributed by atoms with Gasteiger partial charge in [-0.3, -0.25) is 4.79 Å². The van der Waals surface area contributed by atoms with Crippen LogP contribution in [0.15, 0.2) is 30.3 Å². The Bertz CT molecular complexity index is 839. The number of nitrogens with zero attached hydrogens (tertiary/aromatic N) is 1. The Morgan fingerprint density at radius 1 is 1.12 bits per heavy atom. The van der Waals surface area contributed by atoms with E-state index in [1.807, 2.05) is 30.3 Å². The SMILES string of the molecule is CCOC(=O)C(CNC(=O)[C@@H]1CCCN(C(=O)OCc2ccccc2)C1)NC(=O)OC(C)(C)C. The molecular formula is C24H35N3O7. The van der Waals surface area contributed by atoms with E-state index in [2.05, 4.69) is 10.6 Å². The van der Waals surface area contributed by atoms with Crippen LogP contribution in [0.25, 0.3) is 0 Å². The Labute approximate surface area is 200 Å². The summed E-state index contributed by atoms with van der Waals surface area (Å²) in [5.74, 6) is -1.45. The van der Waals surface area contributed by atoms with E-state index in [0.29, 0.717) is 19.4 Å². The highest BCUT2D eigenvalue weighted by molar-refractivity contribution is 5.84. The van der Waals surface area contributed by atoms with Gasteiger partial charge < -0.3 is 29.7 Å². The number of amides is 3. The molecule has 2 rings (SSSR count). The molecule has 0 bridgehead atoms. The number of carbonyl (C=O) groups excluding carboxylic acids is 4. The summed E-state index contributed by atoms with van der Waals surface area (Å²) < 4.78 is 15.5. The fourth-order valence-electron chi connectivity index (χ4n) is 3.40. The number of rotatable bonds is 8. The van der Waals surface area contributed by atoms with Gasteiger partial charge in [0.2, 0.25) is 5.91 Å². The van der Waals surface area contributed by atoms with Gasteiger partial charge in [0.05, 0.1) is 12.5 Å². The molecule has 0 radical (unpaired) electrons. The molecule has 0 aromatic heterocycles. The molecule has 0 aliphatic carbocycles. The molecule has 34 heavy (non-hydrogen) atoms. The molecule has 3 amide bonds. The molecule has 1 aliphatic rings. The summed E-state index contributed by atoms with van der Waals surface area (Å²) in [5, 5.41) is 5.13. The predicted octanol–water partition coefficient (Wildman–Crippen LogP) is 2.61. The highest BCUT2D eigenvalue weighted by atomic mass is 16.6. The molecule has 1 aromatic carbocycles. The number of alkyl carbamates (subject to hydrolysis) is 1. The molecule has 1 aliphatic heterocycles. The van der Waals surface area contributed by atoms with E-state index in [1.165, 1.54) is 4.90 Å². The van der Waals surface area contributed by atoms with E-state index < -0.39 is 35.7 Å². The van der Waals surface area contributed by atoms with E-state index in [4.69, 9.17) is 14.2 Å². The lowest BCUT2D eigenvalue weighted by Gasteiger charge is -2.31. The van der Waals surface area contributed by atoms with Crippen LogP contribution in [-0.2, 0) is 30.4 Å². The highest BCUT2D eigenvalue weighted by Gasteiger charge is 2.31. The first-order chi connectivity index (χ1) is 16.1. The van der Waals surface area contributed by atoms with Gasteiger partial charge in [-0.1, -0.05) is 30.3 Å². The van der Waals surface area contributed by atoms with Crippen LogP contribution in [0.3, 0.4) is 0 Å². The molecule has 0 saturated carbocycles. The molecule has 10 nitrogen and oxygen atoms in total. The van der Waals surface area contributed by atoms with Crippen molar-refractivity contribution in [1.82, 2.24) is 15.5 Å². The van der Waals surface area contributed by atoms with Crippen LogP contribution >= 0.6 is 0 Å². The Morgan fingerprint density at radius 3 is 2.47 bits per heavy atom. The van der Waals surface area contributed by atoms with E-state index >= 15 is 0 Å². The third-order valence-electron chi connectivity index (χ3n) is 5.00. The number of hydrogen-bond acceptors (Lipinski definition) is 7. The van der Waals surface area contributed by atoms with Crippen molar-refractivity contribution in [3.8, 4) is 0 Å². The molecule has 1 unspecified atom stereocenters. The third-order valence-corrected chi connectivity index (χ3v) is 5.00. The minimum absolute atomic E-state index is 0.127. The van der Waals surface area contributed by atoms with Gasteiger partial charge in [-0.2, -0.15) is 0 Å². The average Bonchev–Trinajstić information content (AvgIpc) is 2.79. The number of likely N-dealkylation sites (tertiary alicyclic amines) is 1. The van der Waals surface area contributed by atoms with Gasteiger partial charge in [0.15, 0.2) is 0 Å². The zero-order valence-corrected chi connectivity index (χ0v) is 20.3. The summed E-state index contributed by atoms with van der Waals surface area (Å²) in [5.41, 5.74) is 0.136. The fraction of sp³-hybridized carbons (Fsp3) is 0.583. The van der Waals surface area contributed by atoms with Crippen molar-refractivity contribution in [1.29, 1.82) is 0 Å². The Kier molecular flexibility index (Phi) is 10.2. The van der Waals surface area contributed by atoms with Crippen LogP contribution in [0.2, 0.25) is 0 Å². The van der Waals surface area contributed by atoms with E-state index in [-0.39, 0.29) is 32.2 Å². The van der Waals surface area contributed by atoms with Crippen molar-refractivity contribution in [2.24, 2.45) is 5.92 Å². The first-order valence-electron chi connectivity index (χ1n) is 11.5. The van der Waals surface area contributed by atoms with Gasteiger partial charge in [0, 0.05) is 19.6 Å². The quantitative estimate of drug-likeness (QED) is 0.436. The van der Waals surface area contributed by atoms with Crippen molar-refractivity contribution in [2.75, 3.05) is 26.2 Å². The Morgan fingerprint density at radius 2 is 1.82 bits per heavy atom. The second-order valence-electron chi connectivity index (χ2n) is 9.02. The smallest absolute Gasteiger partial charge is 0.410 e. The van der Waals surface area contributed by atoms with Gasteiger partial charge in [0.25, 0.3) is 0 Å². The van der Waals surface area contributed by atoms with Gasteiger partial charge in [-0.25, -0.2) is 14.4 Å². The monoisotopic (exact) mass is 477 g/mol. The predicted molar refractivity (Wildman–Crippen MR) is 124 cm³/mol. The van der Waals surface area contributed by atoms with Crippen molar-refractivity contribution < 1.29 is 33.4 Å². The molecule has 1 aromatic rings. The van der Waals surface area contributed by atoms with E-state index in [1.54, 1.807) is 27.7 Å². The Hall–Kier alpha value is -3.30. The summed E-state index contributed by atoms with van der Waals surface area (Å²) in [6.45, 7) is 7.59. The third kappa shape index (κ3) is 9.29. The summed E-state index contributed by atoms with van der Waals surface area (Å²) in [6.07, 6.45) is -0.0180. The molecule has 188 valence electrons. The second kappa shape index (κ2) is 12.8. The summed E-state index contributed by atoms with van der Waals surface area (Å²) in [6, 6.07) is 8.25. The summed E-state index contributed by atoms with van der Waals surface area (Å²) in [4.78, 5) is 51.1. The topological polar surface area (TPSA) is 123 Å². The number of hydrogen-bond donors (Lipinski definition) is 2. The molecule has 2 atom stereocenters. The minimum Gasteiger partial charge on any atom is -0.464 e. The van der Waals surface area contributed by atoms with Crippen LogP contribution < -0.4 is 10.6 Å². The molecule has 1 saturated heterocycles. The number of carbonyl (C=O) groups is 4. The highest BCUT2D eigenvalue weighted by Crippen LogP contribution is 2.18. The van der Waals surface area contributed by atoms with Crippen molar-refractivity contribution >= 4 is 24.1 Å². The molecule has 1 heterocycles. The van der Waals surface area contributed by atoms with Crippen LogP contribution in [0, 0.1) is 5.92 Å². The zero-order chi connectivity index (χ0) is 25.1. The molecule has 0 spiro atoms. The molecule has 2 N–H and O–H groups in total. The standard InChI is InChI=1S/C24H35N3O7/c1-5-32-21(29)19(26-22(30)34-24(2,3)4)14-25-20(28)18-12-9-13-27(15-18)23(31)33-16-17-10-7-6-8-11-17/h6-8,10-11,18-19H,5,9,12-16H2,1-4H3,(H,25,28)(H,26,30)/t18-,19?/m1/s1. The number of piperidine rings is 1. The van der Waals surface area contributed by atoms with Gasteiger partial charge in [-0.15, -0.1) is 0 Å². The van der Waals surface area contributed by atoms with Crippen LogP contribution in [0.5, 0.6) is 0 Å². The summed E-state index contributed by atoms with van der Waals surface area (Å²) in [7, 11) is 0. The fourth-order valence-corrected chi connectivity index (χ4v) is 3.40. The number of benzene rings is 1. The maximum atomic E-state index is 12.8. The van der Waals surface area contributed by atoms with Crippen LogP contribution in [-0.4, -0.2) is 66.8 Å². The van der Waals surface area contributed by atoms with Crippen LogP contribution in [0.4, 0.5) is 9.59 Å². The van der Waals surface area contributed by atoms with Gasteiger partial charge in [-0.05, 0) is 46.1 Å². The first kappa shape index (κ1) is 26.9.